The van der Waals surface area contributed by atoms with Crippen LogP contribution in [0.25, 0.3) is 0 Å². The maximum absolute atomic E-state index is 12.0. The van der Waals surface area contributed by atoms with Crippen molar-refractivity contribution < 1.29 is 15.0 Å². The van der Waals surface area contributed by atoms with Crippen LogP contribution < -0.4 is 10.7 Å². The zero-order chi connectivity index (χ0) is 17.9. The van der Waals surface area contributed by atoms with Gasteiger partial charge in [-0.05, 0) is 43.3 Å². The Labute approximate surface area is 142 Å². The average Bonchev–Trinajstić information content (AvgIpc) is 2.54. The summed E-state index contributed by atoms with van der Waals surface area (Å²) in [6.07, 6.45) is 1.88. The molecule has 0 amide bonds. The zero-order valence-corrected chi connectivity index (χ0v) is 14.0. The van der Waals surface area contributed by atoms with Crippen LogP contribution in [0.2, 0.25) is 0 Å². The molecule has 7 nitrogen and oxygen atoms in total. The molecule has 1 heterocycles. The largest absolute Gasteiger partial charge is 0.545 e. The topological polar surface area (TPSA) is 111 Å². The highest BCUT2D eigenvalue weighted by Gasteiger charge is 2.14. The Morgan fingerprint density at radius 3 is 2.88 bits per heavy atom. The van der Waals surface area contributed by atoms with Gasteiger partial charge < -0.3 is 15.0 Å². The molecule has 126 valence electrons. The molecule has 24 heavy (non-hydrogen) atoms. The Hall–Kier alpha value is -2.74. The molecule has 0 aliphatic carbocycles. The Morgan fingerprint density at radius 2 is 2.25 bits per heavy atom. The van der Waals surface area contributed by atoms with E-state index in [0.29, 0.717) is 12.1 Å². The van der Waals surface area contributed by atoms with E-state index in [1.54, 1.807) is 6.07 Å². The number of hydrogen-bond donors (Lipinski definition) is 2. The Bertz CT molecular complexity index is 914. The van der Waals surface area contributed by atoms with Crippen molar-refractivity contribution in [3.8, 4) is 5.88 Å². The van der Waals surface area contributed by atoms with E-state index in [2.05, 4.69) is 9.98 Å². The number of aliphatic imine (C=N–C) groups is 1. The Kier molecular flexibility index (Phi) is 5.30. The van der Waals surface area contributed by atoms with Crippen molar-refractivity contribution in [1.82, 2.24) is 9.55 Å². The van der Waals surface area contributed by atoms with Crippen molar-refractivity contribution >= 4 is 30.1 Å². The molecule has 2 rings (SSSR count). The van der Waals surface area contributed by atoms with Gasteiger partial charge in [0.1, 0.15) is 5.56 Å². The van der Waals surface area contributed by atoms with Crippen LogP contribution in [-0.4, -0.2) is 26.8 Å². The molecule has 0 fully saturated rings. The molecule has 1 aromatic carbocycles. The number of carbonyl (C=O) groups is 1. The number of carboxylic acid groups (broad SMARTS) is 1. The van der Waals surface area contributed by atoms with Crippen LogP contribution in [0.3, 0.4) is 0 Å². The van der Waals surface area contributed by atoms with Crippen LogP contribution in [0.1, 0.15) is 42.2 Å². The summed E-state index contributed by atoms with van der Waals surface area (Å²) in [5.74, 6) is -1.60. The first kappa shape index (κ1) is 17.6. The number of hydrogen-bond acceptors (Lipinski definition) is 6. The van der Waals surface area contributed by atoms with E-state index in [4.69, 9.17) is 12.2 Å². The van der Waals surface area contributed by atoms with Crippen molar-refractivity contribution in [3.63, 3.8) is 0 Å². The molecule has 1 atom stereocenters. The van der Waals surface area contributed by atoms with E-state index >= 15 is 0 Å². The van der Waals surface area contributed by atoms with Crippen molar-refractivity contribution in [3.05, 3.63) is 50.5 Å². The van der Waals surface area contributed by atoms with E-state index in [9.17, 15) is 19.8 Å². The van der Waals surface area contributed by atoms with Gasteiger partial charge in [-0.3, -0.25) is 19.3 Å². The number of aromatic hydroxyl groups is 1. The minimum absolute atomic E-state index is 0.0293. The molecule has 0 aliphatic rings. The first-order valence-electron chi connectivity index (χ1n) is 7.28. The van der Waals surface area contributed by atoms with Gasteiger partial charge in [-0.25, -0.2) is 0 Å². The Morgan fingerprint density at radius 1 is 1.54 bits per heavy atom. The highest BCUT2D eigenvalue weighted by atomic mass is 32.1. The van der Waals surface area contributed by atoms with Crippen LogP contribution in [0.4, 0.5) is 5.69 Å². The lowest BCUT2D eigenvalue weighted by molar-refractivity contribution is -0.255. The third-order valence-corrected chi connectivity index (χ3v) is 3.91. The summed E-state index contributed by atoms with van der Waals surface area (Å²) >= 11 is 5.08. The highest BCUT2D eigenvalue weighted by Crippen LogP contribution is 2.21. The van der Waals surface area contributed by atoms with Gasteiger partial charge in [-0.1, -0.05) is 19.1 Å². The van der Waals surface area contributed by atoms with Gasteiger partial charge in [0, 0.05) is 12.3 Å². The SMILES string of the molecule is CC[C@H](C)n1c(O)c(C=Nc2cccc(C(=O)[O-])c2)c(=O)[nH]c1=S. The van der Waals surface area contributed by atoms with Gasteiger partial charge in [-0.15, -0.1) is 0 Å². The van der Waals surface area contributed by atoms with Crippen molar-refractivity contribution in [2.75, 3.05) is 0 Å². The third-order valence-electron chi connectivity index (χ3n) is 3.61. The number of aromatic carboxylic acids is 1. The van der Waals surface area contributed by atoms with Crippen LogP contribution in [0.5, 0.6) is 5.88 Å². The number of carbonyl (C=O) groups excluding carboxylic acids is 1. The fourth-order valence-corrected chi connectivity index (χ4v) is 2.47. The molecule has 0 saturated carbocycles. The zero-order valence-electron chi connectivity index (χ0n) is 13.1. The van der Waals surface area contributed by atoms with Crippen LogP contribution >= 0.6 is 12.2 Å². The predicted octanol–water partition coefficient (Wildman–Crippen LogP) is 1.70. The molecule has 2 aromatic rings. The summed E-state index contributed by atoms with van der Waals surface area (Å²) in [5.41, 5.74) is -0.342. The first-order valence-corrected chi connectivity index (χ1v) is 7.69. The minimum Gasteiger partial charge on any atom is -0.545 e. The number of benzene rings is 1. The molecule has 0 aliphatic heterocycles. The molecular weight excluding hydrogens is 330 g/mol. The lowest BCUT2D eigenvalue weighted by Crippen LogP contribution is -2.21. The summed E-state index contributed by atoms with van der Waals surface area (Å²) in [7, 11) is 0. The van der Waals surface area contributed by atoms with E-state index in [0.717, 1.165) is 0 Å². The average molecular weight is 346 g/mol. The number of H-pyrrole nitrogens is 1. The van der Waals surface area contributed by atoms with Gasteiger partial charge >= 0.3 is 0 Å². The minimum atomic E-state index is -1.32. The summed E-state index contributed by atoms with van der Waals surface area (Å²) in [6, 6.07) is 5.65. The molecule has 0 bridgehead atoms. The molecule has 2 N–H and O–H groups in total. The molecule has 0 radical (unpaired) electrons. The molecule has 0 unspecified atom stereocenters. The van der Waals surface area contributed by atoms with Gasteiger partial charge in [0.05, 0.1) is 11.7 Å². The molecular formula is C16H16N3O4S-. The lowest BCUT2D eigenvalue weighted by atomic mass is 10.2. The number of carboxylic acids is 1. The van der Waals surface area contributed by atoms with Crippen molar-refractivity contribution in [1.29, 1.82) is 0 Å². The maximum atomic E-state index is 12.0. The van der Waals surface area contributed by atoms with Crippen molar-refractivity contribution in [2.24, 2.45) is 4.99 Å². The quantitative estimate of drug-likeness (QED) is 0.632. The maximum Gasteiger partial charge on any atom is 0.264 e. The number of aromatic amines is 1. The smallest absolute Gasteiger partial charge is 0.264 e. The fourth-order valence-electron chi connectivity index (χ4n) is 2.11. The molecule has 0 spiro atoms. The number of rotatable bonds is 5. The molecule has 8 heteroatoms. The van der Waals surface area contributed by atoms with Gasteiger partial charge in [0.25, 0.3) is 5.56 Å². The second-order valence-corrected chi connectivity index (χ2v) is 5.61. The number of aromatic nitrogens is 2. The highest BCUT2D eigenvalue weighted by molar-refractivity contribution is 7.71. The van der Waals surface area contributed by atoms with Gasteiger partial charge in [0.15, 0.2) is 4.77 Å². The normalized spacial score (nSPS) is 12.4. The fraction of sp³-hybridized carbons (Fsp3) is 0.250. The standard InChI is InChI=1S/C16H17N3O4S/c1-3-9(2)19-14(21)12(13(20)18-16(19)24)8-17-11-6-4-5-10(7-11)15(22)23/h4-9,21H,3H2,1-2H3,(H,22,23)(H,18,20,24)/p-1/t9-/m0/s1. The summed E-state index contributed by atoms with van der Waals surface area (Å²) in [6.45, 7) is 3.79. The van der Waals surface area contributed by atoms with Crippen LogP contribution in [-0.2, 0) is 0 Å². The van der Waals surface area contributed by atoms with Gasteiger partial charge in [0.2, 0.25) is 5.88 Å². The number of nitrogens with one attached hydrogen (secondary N) is 1. The molecule has 1 aromatic heterocycles. The van der Waals surface area contributed by atoms with Gasteiger partial charge in [-0.2, -0.15) is 0 Å². The summed E-state index contributed by atoms with van der Waals surface area (Å²) in [5, 5.41) is 21.2. The first-order chi connectivity index (χ1) is 11.3. The number of nitrogens with zero attached hydrogens (tertiary/aromatic N) is 2. The second kappa shape index (κ2) is 7.22. The summed E-state index contributed by atoms with van der Waals surface area (Å²) in [4.78, 5) is 29.4. The Balaban J connectivity index is 2.50. The lowest BCUT2D eigenvalue weighted by Gasteiger charge is -2.16. The van der Waals surface area contributed by atoms with Crippen LogP contribution in [0, 0.1) is 4.77 Å². The van der Waals surface area contributed by atoms with E-state index < -0.39 is 11.5 Å². The predicted molar refractivity (Wildman–Crippen MR) is 90.6 cm³/mol. The monoisotopic (exact) mass is 346 g/mol. The second-order valence-electron chi connectivity index (χ2n) is 5.22. The molecule has 0 saturated heterocycles. The third kappa shape index (κ3) is 3.60. The van der Waals surface area contributed by atoms with E-state index in [1.807, 2.05) is 13.8 Å². The summed E-state index contributed by atoms with van der Waals surface area (Å²) < 4.78 is 1.57. The van der Waals surface area contributed by atoms with Crippen molar-refractivity contribution in [2.45, 2.75) is 26.3 Å². The van der Waals surface area contributed by atoms with Crippen LogP contribution in [0.15, 0.2) is 34.1 Å². The van der Waals surface area contributed by atoms with E-state index in [1.165, 1.54) is 29.0 Å². The van der Waals surface area contributed by atoms with E-state index in [-0.39, 0.29) is 27.8 Å².